The van der Waals surface area contributed by atoms with E-state index in [9.17, 15) is 9.59 Å². The quantitative estimate of drug-likeness (QED) is 0.521. The van der Waals surface area contributed by atoms with Crippen LogP contribution in [0.2, 0.25) is 0 Å². The number of ether oxygens (including phenoxy) is 1. The van der Waals surface area contributed by atoms with Crippen LogP contribution in [0.15, 0.2) is 53.2 Å². The van der Waals surface area contributed by atoms with Crippen LogP contribution in [0.3, 0.4) is 0 Å². The summed E-state index contributed by atoms with van der Waals surface area (Å²) in [6.45, 7) is 0.307. The van der Waals surface area contributed by atoms with Gasteiger partial charge in [-0.05, 0) is 67.2 Å². The minimum Gasteiger partial charge on any atom is -0.497 e. The molecule has 0 aliphatic heterocycles. The average molecular weight is 437 g/mol. The van der Waals surface area contributed by atoms with Gasteiger partial charge in [-0.15, -0.1) is 11.3 Å². The minimum absolute atomic E-state index is 0.190. The van der Waals surface area contributed by atoms with Crippen LogP contribution in [0.4, 0.5) is 5.00 Å². The van der Waals surface area contributed by atoms with E-state index in [1.165, 1.54) is 22.3 Å². The smallest absolute Gasteiger partial charge is 0.254 e. The second-order valence-corrected chi connectivity index (χ2v) is 8.38. The van der Waals surface area contributed by atoms with E-state index in [0.29, 0.717) is 22.9 Å². The molecule has 0 saturated heterocycles. The number of carbonyl (C=O) groups is 2. The molecule has 0 atom stereocenters. The summed E-state index contributed by atoms with van der Waals surface area (Å²) in [5.74, 6) is 0.987. The fourth-order valence-corrected chi connectivity index (χ4v) is 4.89. The van der Waals surface area contributed by atoms with Gasteiger partial charge in [0.2, 0.25) is 5.91 Å². The summed E-state index contributed by atoms with van der Waals surface area (Å²) in [5.41, 5.74) is 2.53. The topological polar surface area (TPSA) is 80.6 Å². The van der Waals surface area contributed by atoms with Gasteiger partial charge in [0, 0.05) is 11.0 Å². The van der Waals surface area contributed by atoms with Crippen LogP contribution in [0.25, 0.3) is 6.08 Å². The molecule has 0 saturated carbocycles. The third kappa shape index (κ3) is 5.06. The van der Waals surface area contributed by atoms with Gasteiger partial charge < -0.3 is 19.8 Å². The maximum absolute atomic E-state index is 13.0. The Bertz CT molecular complexity index is 1080. The van der Waals surface area contributed by atoms with Crippen molar-refractivity contribution in [2.24, 2.45) is 0 Å². The Kier molecular flexibility index (Phi) is 6.52. The summed E-state index contributed by atoms with van der Waals surface area (Å²) in [5, 5.41) is 6.44. The molecule has 31 heavy (non-hydrogen) atoms. The number of benzene rings is 1. The lowest BCUT2D eigenvalue weighted by atomic mass is 9.95. The van der Waals surface area contributed by atoms with Gasteiger partial charge in [0.15, 0.2) is 0 Å². The fraction of sp³-hybridized carbons (Fsp3) is 0.250. The summed E-state index contributed by atoms with van der Waals surface area (Å²) in [4.78, 5) is 26.8. The number of hydrogen-bond donors (Lipinski definition) is 2. The van der Waals surface area contributed by atoms with E-state index in [1.54, 1.807) is 25.5 Å². The zero-order valence-corrected chi connectivity index (χ0v) is 18.1. The van der Waals surface area contributed by atoms with E-state index in [1.807, 2.05) is 30.3 Å². The zero-order valence-electron chi connectivity index (χ0n) is 17.3. The minimum atomic E-state index is -0.269. The first-order chi connectivity index (χ1) is 15.1. The molecule has 0 unspecified atom stereocenters. The average Bonchev–Trinajstić information content (AvgIpc) is 3.44. The summed E-state index contributed by atoms with van der Waals surface area (Å²) in [6.07, 6.45) is 8.74. The van der Waals surface area contributed by atoms with Crippen molar-refractivity contribution in [1.29, 1.82) is 0 Å². The molecule has 1 aromatic carbocycles. The Morgan fingerprint density at radius 3 is 2.71 bits per heavy atom. The normalized spacial score (nSPS) is 13.1. The summed E-state index contributed by atoms with van der Waals surface area (Å²) < 4.78 is 10.4. The highest BCUT2D eigenvalue weighted by atomic mass is 32.1. The summed E-state index contributed by atoms with van der Waals surface area (Å²) >= 11 is 1.50. The standard InChI is InChI=1S/C24H24N2O4S/c1-29-17-11-8-16(9-12-17)10-13-21(27)26-24-22(19-6-2-3-7-20(19)31-24)23(28)25-15-18-5-4-14-30-18/h4-5,8-14H,2-3,6-7,15H2,1H3,(H,25,28)(H,26,27). The Labute approximate surface area is 184 Å². The lowest BCUT2D eigenvalue weighted by molar-refractivity contribution is -0.111. The molecule has 0 bridgehead atoms. The largest absolute Gasteiger partial charge is 0.497 e. The number of carbonyl (C=O) groups excluding carboxylic acids is 2. The van der Waals surface area contributed by atoms with E-state index in [2.05, 4.69) is 10.6 Å². The van der Waals surface area contributed by atoms with E-state index in [0.717, 1.165) is 42.6 Å². The Morgan fingerprint density at radius 1 is 1.16 bits per heavy atom. The molecule has 1 aliphatic carbocycles. The second-order valence-electron chi connectivity index (χ2n) is 7.27. The van der Waals surface area contributed by atoms with Gasteiger partial charge in [0.25, 0.3) is 5.91 Å². The Hall–Kier alpha value is -3.32. The predicted octanol–water partition coefficient (Wildman–Crippen LogP) is 4.81. The van der Waals surface area contributed by atoms with E-state index in [-0.39, 0.29) is 11.8 Å². The summed E-state index contributed by atoms with van der Waals surface area (Å²) in [6, 6.07) is 11.0. The van der Waals surface area contributed by atoms with Crippen LogP contribution >= 0.6 is 11.3 Å². The Balaban J connectivity index is 1.50. The third-order valence-corrected chi connectivity index (χ3v) is 6.39. The lowest BCUT2D eigenvalue weighted by Gasteiger charge is -2.13. The van der Waals surface area contributed by atoms with Crippen molar-refractivity contribution in [1.82, 2.24) is 5.32 Å². The first-order valence-corrected chi connectivity index (χ1v) is 11.0. The number of hydrogen-bond acceptors (Lipinski definition) is 5. The molecule has 2 heterocycles. The molecule has 1 aliphatic rings. The van der Waals surface area contributed by atoms with Crippen LogP contribution in [0.5, 0.6) is 5.75 Å². The molecule has 0 fully saturated rings. The van der Waals surface area contributed by atoms with Crippen molar-refractivity contribution in [2.45, 2.75) is 32.2 Å². The maximum Gasteiger partial charge on any atom is 0.254 e. The molecule has 2 amide bonds. The molecular weight excluding hydrogens is 412 g/mol. The molecule has 3 aromatic rings. The number of thiophene rings is 1. The van der Waals surface area contributed by atoms with Crippen LogP contribution in [-0.2, 0) is 24.2 Å². The number of aryl methyl sites for hydroxylation is 1. The van der Waals surface area contributed by atoms with Crippen molar-refractivity contribution in [3.63, 3.8) is 0 Å². The van der Waals surface area contributed by atoms with E-state index in [4.69, 9.17) is 9.15 Å². The van der Waals surface area contributed by atoms with Gasteiger partial charge in [-0.1, -0.05) is 12.1 Å². The SMILES string of the molecule is COc1ccc(C=CC(=O)Nc2sc3c(c2C(=O)NCc2ccco2)CCCC3)cc1. The maximum atomic E-state index is 13.0. The van der Waals surface area contributed by atoms with Crippen LogP contribution in [-0.4, -0.2) is 18.9 Å². The van der Waals surface area contributed by atoms with Gasteiger partial charge in [-0.2, -0.15) is 0 Å². The van der Waals surface area contributed by atoms with Crippen molar-refractivity contribution in [2.75, 3.05) is 12.4 Å². The number of rotatable bonds is 7. The summed E-state index contributed by atoms with van der Waals surface area (Å²) in [7, 11) is 1.61. The fourth-order valence-electron chi connectivity index (χ4n) is 3.60. The number of fused-ring (bicyclic) bond motifs is 1. The number of furan rings is 1. The van der Waals surface area contributed by atoms with Gasteiger partial charge in [0.1, 0.15) is 16.5 Å². The number of methoxy groups -OCH3 is 1. The highest BCUT2D eigenvalue weighted by Gasteiger charge is 2.26. The van der Waals surface area contributed by atoms with Gasteiger partial charge in [-0.25, -0.2) is 0 Å². The van der Waals surface area contributed by atoms with E-state index < -0.39 is 0 Å². The monoisotopic (exact) mass is 436 g/mol. The number of anilines is 1. The predicted molar refractivity (Wildman–Crippen MR) is 121 cm³/mol. The first-order valence-electron chi connectivity index (χ1n) is 10.2. The molecule has 2 aromatic heterocycles. The lowest BCUT2D eigenvalue weighted by Crippen LogP contribution is -2.25. The number of amides is 2. The van der Waals surface area contributed by atoms with Crippen LogP contribution in [0.1, 0.15) is 45.0 Å². The highest BCUT2D eigenvalue weighted by Crippen LogP contribution is 2.38. The second kappa shape index (κ2) is 9.66. The molecule has 0 radical (unpaired) electrons. The van der Waals surface area contributed by atoms with Gasteiger partial charge >= 0.3 is 0 Å². The highest BCUT2D eigenvalue weighted by molar-refractivity contribution is 7.17. The van der Waals surface area contributed by atoms with Crippen molar-refractivity contribution >= 4 is 34.2 Å². The van der Waals surface area contributed by atoms with E-state index >= 15 is 0 Å². The molecule has 6 nitrogen and oxygen atoms in total. The molecule has 4 rings (SSSR count). The first kappa shape index (κ1) is 20.9. The van der Waals surface area contributed by atoms with Crippen molar-refractivity contribution < 1.29 is 18.7 Å². The Morgan fingerprint density at radius 2 is 1.97 bits per heavy atom. The van der Waals surface area contributed by atoms with Crippen molar-refractivity contribution in [3.8, 4) is 5.75 Å². The van der Waals surface area contributed by atoms with Crippen molar-refractivity contribution in [3.05, 3.63) is 76.1 Å². The molecule has 2 N–H and O–H groups in total. The van der Waals surface area contributed by atoms with Gasteiger partial charge in [-0.3, -0.25) is 9.59 Å². The molecule has 160 valence electrons. The van der Waals surface area contributed by atoms with Crippen LogP contribution in [0, 0.1) is 0 Å². The zero-order chi connectivity index (χ0) is 21.6. The number of nitrogens with one attached hydrogen (secondary N) is 2. The molecule has 7 heteroatoms. The molecular formula is C24H24N2O4S. The van der Waals surface area contributed by atoms with Crippen LogP contribution < -0.4 is 15.4 Å². The molecule has 0 spiro atoms. The van der Waals surface area contributed by atoms with Gasteiger partial charge in [0.05, 0.1) is 25.5 Å². The third-order valence-electron chi connectivity index (χ3n) is 5.18.